The summed E-state index contributed by atoms with van der Waals surface area (Å²) in [5.74, 6) is -2.13. The van der Waals surface area contributed by atoms with Crippen LogP contribution in [0.2, 0.25) is 5.02 Å². The van der Waals surface area contributed by atoms with Gasteiger partial charge >= 0.3 is 0 Å². The van der Waals surface area contributed by atoms with Crippen molar-refractivity contribution in [1.82, 2.24) is 0 Å². The molecule has 0 bridgehead atoms. The van der Waals surface area contributed by atoms with Gasteiger partial charge in [-0.25, -0.2) is 4.39 Å². The van der Waals surface area contributed by atoms with Crippen LogP contribution in [0.25, 0.3) is 6.08 Å². The lowest BCUT2D eigenvalue weighted by Gasteiger charge is -2.37. The Morgan fingerprint density at radius 3 is 2.13 bits per heavy atom. The normalized spacial score (nSPS) is 22.1. The van der Waals surface area contributed by atoms with Crippen LogP contribution in [0.15, 0.2) is 103 Å². The zero-order chi connectivity index (χ0) is 26.9. The Morgan fingerprint density at radius 2 is 1.46 bits per heavy atom. The summed E-state index contributed by atoms with van der Waals surface area (Å²) in [6, 6.07) is 25.3. The minimum Gasteiger partial charge on any atom is -0.352 e. The van der Waals surface area contributed by atoms with E-state index >= 15 is 0 Å². The number of carbonyl (C=O) groups is 3. The molecule has 0 amide bonds. The minimum absolute atomic E-state index is 0.288. The molecule has 1 aliphatic carbocycles. The Labute approximate surface area is 229 Å². The van der Waals surface area contributed by atoms with E-state index in [0.717, 1.165) is 5.56 Å². The van der Waals surface area contributed by atoms with Crippen LogP contribution in [0, 0.1) is 11.2 Å². The van der Waals surface area contributed by atoms with Gasteiger partial charge in [0.15, 0.2) is 17.3 Å². The minimum atomic E-state index is -1.57. The fraction of sp³-hybridized carbons (Fsp3) is 0.121. The predicted molar refractivity (Wildman–Crippen MR) is 148 cm³/mol. The summed E-state index contributed by atoms with van der Waals surface area (Å²) in [5.41, 5.74) is 1.68. The number of rotatable bonds is 3. The summed E-state index contributed by atoms with van der Waals surface area (Å²) in [7, 11) is 0. The summed E-state index contributed by atoms with van der Waals surface area (Å²) in [4.78, 5) is 45.4. The van der Waals surface area contributed by atoms with Gasteiger partial charge in [-0.05, 0) is 53.6 Å². The fourth-order valence-corrected chi connectivity index (χ4v) is 6.95. The molecule has 0 N–H and O–H groups in total. The number of hydrogen-bond acceptors (Lipinski definition) is 4. The van der Waals surface area contributed by atoms with E-state index in [2.05, 4.69) is 0 Å². The van der Waals surface area contributed by atoms with Gasteiger partial charge in [0.1, 0.15) is 17.3 Å². The molecule has 0 unspecified atom stereocenters. The number of carbonyl (C=O) groups excluding carboxylic acids is 3. The number of fused-ring (bicyclic) bond motifs is 5. The van der Waals surface area contributed by atoms with Crippen LogP contribution in [0.5, 0.6) is 0 Å². The molecule has 2 heterocycles. The van der Waals surface area contributed by atoms with E-state index < -0.39 is 29.2 Å². The second-order valence-electron chi connectivity index (χ2n) is 10.2. The quantitative estimate of drug-likeness (QED) is 0.215. The van der Waals surface area contributed by atoms with Crippen molar-refractivity contribution in [2.75, 3.05) is 4.90 Å². The van der Waals surface area contributed by atoms with E-state index in [0.29, 0.717) is 33.0 Å². The highest BCUT2D eigenvalue weighted by Gasteiger charge is 2.71. The highest BCUT2D eigenvalue weighted by Crippen LogP contribution is 2.61. The third-order valence-corrected chi connectivity index (χ3v) is 8.56. The SMILES string of the molecule is O=C(c1ccc(F)cc1)[C@@H]1[C@@H](c2ccccc2)C2(C(=O)c3ccccc3C2=O)[C@@H]2C=Cc3cc(Cl)ccc3N12. The third kappa shape index (κ3) is 3.20. The van der Waals surface area contributed by atoms with Crippen molar-refractivity contribution < 1.29 is 18.8 Å². The topological polar surface area (TPSA) is 54.5 Å². The average molecular weight is 534 g/mol. The number of ketones is 3. The van der Waals surface area contributed by atoms with Gasteiger partial charge in [-0.1, -0.05) is 78.4 Å². The van der Waals surface area contributed by atoms with Crippen LogP contribution in [0.1, 0.15) is 48.1 Å². The van der Waals surface area contributed by atoms with E-state index in [-0.39, 0.29) is 17.3 Å². The maximum atomic E-state index is 14.5. The van der Waals surface area contributed by atoms with Crippen molar-refractivity contribution in [1.29, 1.82) is 0 Å². The Hall–Kier alpha value is -4.35. The number of benzene rings is 4. The van der Waals surface area contributed by atoms with Gasteiger partial charge in [0, 0.05) is 33.3 Å². The molecule has 6 heteroatoms. The second-order valence-corrected chi connectivity index (χ2v) is 10.6. The first kappa shape index (κ1) is 23.7. The van der Waals surface area contributed by atoms with Crippen LogP contribution in [0.3, 0.4) is 0 Å². The molecule has 0 aromatic heterocycles. The molecule has 1 spiro atoms. The Bertz CT molecular complexity index is 1680. The lowest BCUT2D eigenvalue weighted by molar-refractivity contribution is 0.0666. The van der Waals surface area contributed by atoms with Crippen LogP contribution in [0.4, 0.5) is 10.1 Å². The zero-order valence-electron chi connectivity index (χ0n) is 20.6. The van der Waals surface area contributed by atoms with Crippen molar-refractivity contribution in [2.45, 2.75) is 18.0 Å². The molecule has 4 nitrogen and oxygen atoms in total. The van der Waals surface area contributed by atoms with Crippen molar-refractivity contribution in [3.8, 4) is 0 Å². The third-order valence-electron chi connectivity index (χ3n) is 8.32. The van der Waals surface area contributed by atoms with Crippen molar-refractivity contribution >= 4 is 40.7 Å². The number of nitrogens with zero attached hydrogens (tertiary/aromatic N) is 1. The first-order chi connectivity index (χ1) is 18.9. The summed E-state index contributed by atoms with van der Waals surface area (Å²) in [5, 5.41) is 0.534. The molecule has 1 saturated heterocycles. The Balaban J connectivity index is 1.54. The van der Waals surface area contributed by atoms with Gasteiger partial charge in [0.25, 0.3) is 0 Å². The molecule has 1 fully saturated rings. The summed E-state index contributed by atoms with van der Waals surface area (Å²) < 4.78 is 13.8. The van der Waals surface area contributed by atoms with Crippen LogP contribution in [-0.4, -0.2) is 29.4 Å². The van der Waals surface area contributed by atoms with Crippen LogP contribution >= 0.6 is 11.6 Å². The smallest absolute Gasteiger partial charge is 0.185 e. The van der Waals surface area contributed by atoms with Crippen LogP contribution < -0.4 is 4.90 Å². The summed E-state index contributed by atoms with van der Waals surface area (Å²) in [6.07, 6.45) is 3.73. The standard InChI is InChI=1S/C33H21ClFNO3/c34-22-13-16-26-21(18-22)12-17-27-33(31(38)24-8-4-5-9-25(24)32(33)39)28(19-6-2-1-3-7-19)29(36(26)27)30(37)20-10-14-23(35)15-11-20/h1-18,27-29H/t27-,28+,29-/m0/s1. The first-order valence-corrected chi connectivity index (χ1v) is 13.1. The van der Waals surface area contributed by atoms with E-state index in [4.69, 9.17) is 11.6 Å². The Kier molecular flexibility index (Phi) is 5.23. The van der Waals surface area contributed by atoms with E-state index in [1.165, 1.54) is 24.3 Å². The molecule has 7 rings (SSSR count). The van der Waals surface area contributed by atoms with Crippen LogP contribution in [-0.2, 0) is 0 Å². The van der Waals surface area contributed by atoms with Gasteiger partial charge in [0.05, 0.1) is 6.04 Å². The van der Waals surface area contributed by atoms with E-state index in [9.17, 15) is 18.8 Å². The summed E-state index contributed by atoms with van der Waals surface area (Å²) >= 11 is 6.32. The lowest BCUT2D eigenvalue weighted by Crippen LogP contribution is -2.48. The van der Waals surface area contributed by atoms with Gasteiger partial charge in [-0.2, -0.15) is 0 Å². The Morgan fingerprint density at radius 1 is 0.821 bits per heavy atom. The molecule has 0 radical (unpaired) electrons. The lowest BCUT2D eigenvalue weighted by atomic mass is 9.64. The molecule has 4 aromatic carbocycles. The first-order valence-electron chi connectivity index (χ1n) is 12.7. The highest BCUT2D eigenvalue weighted by molar-refractivity contribution is 6.32. The number of Topliss-reactive ketones (excluding diaryl/α,β-unsaturated/α-hetero) is 3. The van der Waals surface area contributed by atoms with Gasteiger partial charge in [0.2, 0.25) is 0 Å². The number of anilines is 1. The van der Waals surface area contributed by atoms with Crippen molar-refractivity contribution in [3.63, 3.8) is 0 Å². The second kappa shape index (κ2) is 8.58. The van der Waals surface area contributed by atoms with Gasteiger partial charge < -0.3 is 4.90 Å². The molecule has 2 aliphatic heterocycles. The molecule has 190 valence electrons. The maximum Gasteiger partial charge on any atom is 0.185 e. The summed E-state index contributed by atoms with van der Waals surface area (Å²) in [6.45, 7) is 0. The molecular formula is C33H21ClFNO3. The predicted octanol–water partition coefficient (Wildman–Crippen LogP) is 6.80. The van der Waals surface area contributed by atoms with Gasteiger partial charge in [-0.3, -0.25) is 14.4 Å². The zero-order valence-corrected chi connectivity index (χ0v) is 21.3. The molecule has 4 aromatic rings. The monoisotopic (exact) mass is 533 g/mol. The molecule has 39 heavy (non-hydrogen) atoms. The van der Waals surface area contributed by atoms with E-state index in [1.807, 2.05) is 53.5 Å². The maximum absolute atomic E-state index is 14.5. The highest BCUT2D eigenvalue weighted by atomic mass is 35.5. The van der Waals surface area contributed by atoms with Gasteiger partial charge in [-0.15, -0.1) is 0 Å². The fourth-order valence-electron chi connectivity index (χ4n) is 6.77. The average Bonchev–Trinajstić information content (AvgIpc) is 3.39. The number of hydrogen-bond donors (Lipinski definition) is 0. The van der Waals surface area contributed by atoms with Crippen molar-refractivity contribution in [3.05, 3.63) is 142 Å². The number of halogens is 2. The molecule has 3 aliphatic rings. The van der Waals surface area contributed by atoms with Crippen molar-refractivity contribution in [2.24, 2.45) is 5.41 Å². The molecular weight excluding hydrogens is 513 g/mol. The molecule has 0 saturated carbocycles. The van der Waals surface area contributed by atoms with E-state index in [1.54, 1.807) is 36.4 Å². The largest absolute Gasteiger partial charge is 0.352 e. The molecule has 3 atom stereocenters.